The Morgan fingerprint density at radius 3 is 2.62 bits per heavy atom. The third kappa shape index (κ3) is 5.19. The number of carbonyl (C=O) groups excluding carboxylic acids is 3. The number of hydrogen-bond donors (Lipinski definition) is 1. The topological polar surface area (TPSA) is 84.9 Å². The summed E-state index contributed by atoms with van der Waals surface area (Å²) in [6, 6.07) is 4.58. The van der Waals surface area contributed by atoms with Crippen LogP contribution >= 0.6 is 11.6 Å². The number of amides is 2. The van der Waals surface area contributed by atoms with E-state index < -0.39 is 5.97 Å². The van der Waals surface area contributed by atoms with Crippen molar-refractivity contribution in [2.45, 2.75) is 19.8 Å². The molecule has 0 unspecified atom stereocenters. The molecule has 1 aromatic carbocycles. The average Bonchev–Trinajstić information content (AvgIpc) is 2.65. The summed E-state index contributed by atoms with van der Waals surface area (Å²) in [4.78, 5) is 37.4. The number of carbonyl (C=O) groups is 3. The molecule has 2 amide bonds. The molecule has 0 bridgehead atoms. The van der Waals surface area contributed by atoms with Crippen LogP contribution in [0.15, 0.2) is 18.2 Å². The molecule has 26 heavy (non-hydrogen) atoms. The van der Waals surface area contributed by atoms with Crippen molar-refractivity contribution in [3.05, 3.63) is 28.8 Å². The molecule has 1 N–H and O–H groups in total. The average molecular weight is 383 g/mol. The van der Waals surface area contributed by atoms with Crippen LogP contribution < -0.4 is 10.2 Å². The van der Waals surface area contributed by atoms with Crippen LogP contribution in [0.2, 0.25) is 5.02 Å². The molecule has 0 saturated carbocycles. The highest BCUT2D eigenvalue weighted by atomic mass is 35.5. The number of halogens is 1. The van der Waals surface area contributed by atoms with Gasteiger partial charge < -0.3 is 19.7 Å². The normalized spacial score (nSPS) is 14.6. The van der Waals surface area contributed by atoms with Crippen LogP contribution in [0.25, 0.3) is 0 Å². The van der Waals surface area contributed by atoms with Crippen molar-refractivity contribution < 1.29 is 23.9 Å². The van der Waals surface area contributed by atoms with E-state index in [0.717, 1.165) is 0 Å². The molecule has 7 nitrogen and oxygen atoms in total. The minimum absolute atomic E-state index is 0.0359. The molecule has 0 aliphatic carbocycles. The maximum Gasteiger partial charge on any atom is 0.337 e. The van der Waals surface area contributed by atoms with E-state index in [1.165, 1.54) is 31.1 Å². The highest BCUT2D eigenvalue weighted by molar-refractivity contribution is 6.34. The summed E-state index contributed by atoms with van der Waals surface area (Å²) in [6.45, 7) is 3.12. The van der Waals surface area contributed by atoms with Gasteiger partial charge in [-0.2, -0.15) is 0 Å². The van der Waals surface area contributed by atoms with Gasteiger partial charge in [-0.1, -0.05) is 11.6 Å². The predicted molar refractivity (Wildman–Crippen MR) is 97.4 cm³/mol. The zero-order chi connectivity index (χ0) is 19.1. The summed E-state index contributed by atoms with van der Waals surface area (Å²) >= 11 is 6.20. The number of esters is 1. The molecule has 1 heterocycles. The summed E-state index contributed by atoms with van der Waals surface area (Å²) in [5.41, 5.74) is 0.701. The Labute approximate surface area is 157 Å². The van der Waals surface area contributed by atoms with Crippen molar-refractivity contribution in [2.24, 2.45) is 5.92 Å². The number of anilines is 1. The molecule has 2 rings (SSSR count). The fourth-order valence-corrected chi connectivity index (χ4v) is 3.03. The molecule has 0 aromatic heterocycles. The highest BCUT2D eigenvalue weighted by Gasteiger charge is 2.22. The quantitative estimate of drug-likeness (QED) is 0.761. The summed E-state index contributed by atoms with van der Waals surface area (Å²) in [7, 11) is 1.28. The Bertz CT molecular complexity index is 674. The number of rotatable bonds is 6. The molecule has 1 aliphatic heterocycles. The summed E-state index contributed by atoms with van der Waals surface area (Å²) in [5, 5.41) is 3.19. The fourth-order valence-electron chi connectivity index (χ4n) is 2.81. The molecule has 1 fully saturated rings. The molecule has 142 valence electrons. The molecule has 1 aliphatic rings. The highest BCUT2D eigenvalue weighted by Crippen LogP contribution is 2.27. The first-order valence-corrected chi connectivity index (χ1v) is 8.83. The zero-order valence-electron chi connectivity index (χ0n) is 14.9. The lowest BCUT2D eigenvalue weighted by molar-refractivity contribution is -0.128. The zero-order valence-corrected chi connectivity index (χ0v) is 15.7. The second-order valence-corrected chi connectivity index (χ2v) is 6.41. The Kier molecular flexibility index (Phi) is 7.41. The van der Waals surface area contributed by atoms with Crippen molar-refractivity contribution >= 4 is 35.1 Å². The molecule has 8 heteroatoms. The van der Waals surface area contributed by atoms with Crippen LogP contribution in [-0.2, 0) is 19.1 Å². The van der Waals surface area contributed by atoms with E-state index in [2.05, 4.69) is 5.32 Å². The van der Waals surface area contributed by atoms with Crippen LogP contribution in [0, 0.1) is 5.92 Å². The molecule has 1 saturated heterocycles. The van der Waals surface area contributed by atoms with Crippen molar-refractivity contribution in [3.63, 3.8) is 0 Å². The summed E-state index contributed by atoms with van der Waals surface area (Å²) < 4.78 is 9.95. The molecular weight excluding hydrogens is 360 g/mol. The monoisotopic (exact) mass is 382 g/mol. The van der Waals surface area contributed by atoms with Gasteiger partial charge in [-0.25, -0.2) is 4.79 Å². The van der Waals surface area contributed by atoms with E-state index >= 15 is 0 Å². The first kappa shape index (κ1) is 20.2. The SMILES string of the molecule is COC(=O)c1ccc(Cl)c(N(CCNC(=O)C2CCOCC2)C(C)=O)c1. The summed E-state index contributed by atoms with van der Waals surface area (Å²) in [6.07, 6.45) is 1.41. The molecule has 1 aromatic rings. The number of nitrogens with zero attached hydrogens (tertiary/aromatic N) is 1. The number of methoxy groups -OCH3 is 1. The van der Waals surface area contributed by atoms with Gasteiger partial charge in [0.2, 0.25) is 11.8 Å². The lowest BCUT2D eigenvalue weighted by Crippen LogP contribution is -2.40. The van der Waals surface area contributed by atoms with E-state index in [1.807, 2.05) is 0 Å². The van der Waals surface area contributed by atoms with Crippen molar-refractivity contribution in [1.29, 1.82) is 0 Å². The van der Waals surface area contributed by atoms with Crippen LogP contribution in [-0.4, -0.2) is 51.2 Å². The number of benzene rings is 1. The first-order valence-electron chi connectivity index (χ1n) is 8.45. The number of ether oxygens (including phenoxy) is 2. The lowest BCUT2D eigenvalue weighted by atomic mass is 9.99. The summed E-state index contributed by atoms with van der Waals surface area (Å²) in [5.74, 6) is -0.847. The second kappa shape index (κ2) is 9.54. The van der Waals surface area contributed by atoms with E-state index in [4.69, 9.17) is 21.1 Å². The van der Waals surface area contributed by atoms with E-state index in [0.29, 0.717) is 42.3 Å². The first-order chi connectivity index (χ1) is 12.4. The Morgan fingerprint density at radius 1 is 1.31 bits per heavy atom. The molecular formula is C18H23ClN2O5. The smallest absolute Gasteiger partial charge is 0.337 e. The Morgan fingerprint density at radius 2 is 2.00 bits per heavy atom. The van der Waals surface area contributed by atoms with Crippen molar-refractivity contribution in [2.75, 3.05) is 38.3 Å². The third-order valence-corrected chi connectivity index (χ3v) is 4.58. The van der Waals surface area contributed by atoms with Gasteiger partial charge in [0.05, 0.1) is 23.4 Å². The molecule has 0 radical (unpaired) electrons. The number of nitrogens with one attached hydrogen (secondary N) is 1. The number of hydrogen-bond acceptors (Lipinski definition) is 5. The fraction of sp³-hybridized carbons (Fsp3) is 0.500. The van der Waals surface area contributed by atoms with Crippen molar-refractivity contribution in [3.8, 4) is 0 Å². The van der Waals surface area contributed by atoms with Crippen LogP contribution in [0.4, 0.5) is 5.69 Å². The van der Waals surface area contributed by atoms with Gasteiger partial charge in [0.1, 0.15) is 0 Å². The van der Waals surface area contributed by atoms with Gasteiger partial charge in [0, 0.05) is 39.1 Å². The van der Waals surface area contributed by atoms with Gasteiger partial charge in [-0.05, 0) is 31.0 Å². The van der Waals surface area contributed by atoms with Gasteiger partial charge in [-0.15, -0.1) is 0 Å². The largest absolute Gasteiger partial charge is 0.465 e. The van der Waals surface area contributed by atoms with Gasteiger partial charge in [-0.3, -0.25) is 9.59 Å². The third-order valence-electron chi connectivity index (χ3n) is 4.26. The maximum absolute atomic E-state index is 12.2. The van der Waals surface area contributed by atoms with Crippen LogP contribution in [0.3, 0.4) is 0 Å². The van der Waals surface area contributed by atoms with E-state index in [-0.39, 0.29) is 30.8 Å². The standard InChI is InChI=1S/C18H23ClN2O5/c1-12(22)21(8-7-20-17(23)13-5-9-26-10-6-13)16-11-14(18(24)25-2)3-4-15(16)19/h3-4,11,13H,5-10H2,1-2H3,(H,20,23). The predicted octanol–water partition coefficient (Wildman–Crippen LogP) is 2.02. The second-order valence-electron chi connectivity index (χ2n) is 6.01. The van der Waals surface area contributed by atoms with Gasteiger partial charge in [0.15, 0.2) is 0 Å². The minimum atomic E-state index is -0.515. The molecule has 0 atom stereocenters. The molecule has 0 spiro atoms. The van der Waals surface area contributed by atoms with E-state index in [9.17, 15) is 14.4 Å². The maximum atomic E-state index is 12.2. The Balaban J connectivity index is 2.03. The van der Waals surface area contributed by atoms with Gasteiger partial charge in [0.25, 0.3) is 0 Å². The van der Waals surface area contributed by atoms with Crippen molar-refractivity contribution in [1.82, 2.24) is 5.32 Å². The van der Waals surface area contributed by atoms with Crippen LogP contribution in [0.1, 0.15) is 30.1 Å². The Hall–Kier alpha value is -2.12. The lowest BCUT2D eigenvalue weighted by Gasteiger charge is -2.25. The van der Waals surface area contributed by atoms with Gasteiger partial charge >= 0.3 is 5.97 Å². The van der Waals surface area contributed by atoms with Crippen LogP contribution in [0.5, 0.6) is 0 Å². The van der Waals surface area contributed by atoms with E-state index in [1.54, 1.807) is 6.07 Å². The minimum Gasteiger partial charge on any atom is -0.465 e.